The van der Waals surface area contributed by atoms with Crippen molar-refractivity contribution in [2.24, 2.45) is 0 Å². The van der Waals surface area contributed by atoms with Gasteiger partial charge in [0.25, 0.3) is 0 Å². The predicted octanol–water partition coefficient (Wildman–Crippen LogP) is 2.16. The summed E-state index contributed by atoms with van der Waals surface area (Å²) in [5, 5.41) is -0.455. The van der Waals surface area contributed by atoms with Gasteiger partial charge in [-0.05, 0) is 18.9 Å². The molecule has 0 radical (unpaired) electrons. The summed E-state index contributed by atoms with van der Waals surface area (Å²) < 4.78 is 29.0. The summed E-state index contributed by atoms with van der Waals surface area (Å²) in [6.07, 6.45) is 0.533. The van der Waals surface area contributed by atoms with Gasteiger partial charge in [-0.1, -0.05) is 37.3 Å². The smallest absolute Gasteiger partial charge is 0.314 e. The standard InChI is InChI=1S/C14H20O4S/c1-4-11(2)19(16,17)10-13(14(15)18-3)12-8-6-5-7-9-12/h5-9,11,13H,4,10H2,1-3H3. The molecule has 1 rings (SSSR count). The lowest BCUT2D eigenvalue weighted by molar-refractivity contribution is -0.141. The molecule has 0 aliphatic heterocycles. The Labute approximate surface area is 114 Å². The number of benzene rings is 1. The zero-order chi connectivity index (χ0) is 14.5. The van der Waals surface area contributed by atoms with Crippen LogP contribution in [-0.2, 0) is 19.4 Å². The highest BCUT2D eigenvalue weighted by Crippen LogP contribution is 2.22. The molecule has 5 heteroatoms. The van der Waals surface area contributed by atoms with E-state index in [2.05, 4.69) is 0 Å². The minimum Gasteiger partial charge on any atom is -0.469 e. The van der Waals surface area contributed by atoms with E-state index in [0.717, 1.165) is 0 Å². The highest BCUT2D eigenvalue weighted by atomic mass is 32.2. The SMILES string of the molecule is CCC(C)S(=O)(=O)CC(C(=O)OC)c1ccccc1. The van der Waals surface area contributed by atoms with Gasteiger partial charge in [-0.3, -0.25) is 4.79 Å². The molecule has 0 saturated carbocycles. The molecule has 0 heterocycles. The van der Waals surface area contributed by atoms with E-state index in [1.54, 1.807) is 31.2 Å². The number of sulfone groups is 1. The number of carbonyl (C=O) groups is 1. The number of esters is 1. The Morgan fingerprint density at radius 3 is 2.32 bits per heavy atom. The van der Waals surface area contributed by atoms with Crippen LogP contribution >= 0.6 is 0 Å². The topological polar surface area (TPSA) is 60.4 Å². The second-order valence-corrected chi connectivity index (χ2v) is 7.00. The summed E-state index contributed by atoms with van der Waals surface area (Å²) in [5.74, 6) is -1.48. The van der Waals surface area contributed by atoms with E-state index in [9.17, 15) is 13.2 Å². The number of hydrogen-bond acceptors (Lipinski definition) is 4. The quantitative estimate of drug-likeness (QED) is 0.751. The normalized spacial score (nSPS) is 14.7. The summed E-state index contributed by atoms with van der Waals surface area (Å²) in [5.41, 5.74) is 0.668. The Morgan fingerprint density at radius 2 is 1.84 bits per heavy atom. The van der Waals surface area contributed by atoms with Gasteiger partial charge in [-0.25, -0.2) is 8.42 Å². The van der Waals surface area contributed by atoms with Crippen LogP contribution in [0.2, 0.25) is 0 Å². The number of methoxy groups -OCH3 is 1. The van der Waals surface area contributed by atoms with E-state index in [-0.39, 0.29) is 5.75 Å². The van der Waals surface area contributed by atoms with Crippen LogP contribution in [0.1, 0.15) is 31.7 Å². The zero-order valence-electron chi connectivity index (χ0n) is 11.5. The van der Waals surface area contributed by atoms with E-state index >= 15 is 0 Å². The van der Waals surface area contributed by atoms with E-state index in [1.807, 2.05) is 13.0 Å². The van der Waals surface area contributed by atoms with Crippen LogP contribution in [0.3, 0.4) is 0 Å². The molecule has 2 atom stereocenters. The Balaban J connectivity index is 3.04. The average Bonchev–Trinajstić information content (AvgIpc) is 2.43. The molecule has 0 spiro atoms. The third-order valence-electron chi connectivity index (χ3n) is 3.27. The fourth-order valence-corrected chi connectivity index (χ4v) is 3.41. The van der Waals surface area contributed by atoms with Crippen molar-refractivity contribution in [2.75, 3.05) is 12.9 Å². The predicted molar refractivity (Wildman–Crippen MR) is 74.7 cm³/mol. The van der Waals surface area contributed by atoms with Crippen LogP contribution in [0.4, 0.5) is 0 Å². The van der Waals surface area contributed by atoms with E-state index in [0.29, 0.717) is 12.0 Å². The highest BCUT2D eigenvalue weighted by Gasteiger charge is 2.30. The van der Waals surface area contributed by atoms with Crippen molar-refractivity contribution < 1.29 is 17.9 Å². The molecule has 2 unspecified atom stereocenters. The number of rotatable bonds is 6. The van der Waals surface area contributed by atoms with E-state index in [4.69, 9.17) is 4.74 Å². The van der Waals surface area contributed by atoms with Gasteiger partial charge in [-0.2, -0.15) is 0 Å². The first-order chi connectivity index (χ1) is 8.92. The Bertz CT molecular complexity index is 508. The lowest BCUT2D eigenvalue weighted by atomic mass is 10.0. The van der Waals surface area contributed by atoms with E-state index < -0.39 is 27.0 Å². The average molecular weight is 284 g/mol. The first kappa shape index (κ1) is 15.7. The van der Waals surface area contributed by atoms with Crippen molar-refractivity contribution in [1.82, 2.24) is 0 Å². The maximum Gasteiger partial charge on any atom is 0.314 e. The van der Waals surface area contributed by atoms with Gasteiger partial charge in [0.1, 0.15) is 0 Å². The molecule has 0 N–H and O–H groups in total. The highest BCUT2D eigenvalue weighted by molar-refractivity contribution is 7.92. The lowest BCUT2D eigenvalue weighted by Crippen LogP contribution is -2.28. The van der Waals surface area contributed by atoms with E-state index in [1.165, 1.54) is 7.11 Å². The molecular formula is C14H20O4S. The minimum absolute atomic E-state index is 0.210. The Kier molecular flexibility index (Phi) is 5.54. The van der Waals surface area contributed by atoms with Crippen molar-refractivity contribution in [3.8, 4) is 0 Å². The third kappa shape index (κ3) is 4.06. The molecule has 0 amide bonds. The molecule has 1 aromatic carbocycles. The van der Waals surface area contributed by atoms with Gasteiger partial charge in [0.05, 0.1) is 24.0 Å². The maximum absolute atomic E-state index is 12.2. The summed E-state index contributed by atoms with van der Waals surface area (Å²) in [7, 11) is -2.04. The van der Waals surface area contributed by atoms with Crippen LogP contribution in [0.15, 0.2) is 30.3 Å². The second kappa shape index (κ2) is 6.70. The largest absolute Gasteiger partial charge is 0.469 e. The van der Waals surface area contributed by atoms with Crippen LogP contribution in [-0.4, -0.2) is 32.5 Å². The molecule has 0 aliphatic carbocycles. The maximum atomic E-state index is 12.2. The minimum atomic E-state index is -3.31. The first-order valence-corrected chi connectivity index (χ1v) is 7.98. The molecule has 19 heavy (non-hydrogen) atoms. The number of hydrogen-bond donors (Lipinski definition) is 0. The van der Waals surface area contributed by atoms with Gasteiger partial charge in [0.15, 0.2) is 9.84 Å². The molecule has 0 aromatic heterocycles. The fraction of sp³-hybridized carbons (Fsp3) is 0.500. The van der Waals surface area contributed by atoms with Gasteiger partial charge in [0.2, 0.25) is 0 Å². The van der Waals surface area contributed by atoms with Crippen LogP contribution in [0.5, 0.6) is 0 Å². The molecule has 0 bridgehead atoms. The fourth-order valence-electron chi connectivity index (χ4n) is 1.78. The summed E-state index contributed by atoms with van der Waals surface area (Å²) in [4.78, 5) is 11.8. The molecule has 1 aromatic rings. The van der Waals surface area contributed by atoms with Gasteiger partial charge in [-0.15, -0.1) is 0 Å². The van der Waals surface area contributed by atoms with Crippen LogP contribution < -0.4 is 0 Å². The monoisotopic (exact) mass is 284 g/mol. The van der Waals surface area contributed by atoms with Gasteiger partial charge < -0.3 is 4.74 Å². The molecule has 106 valence electrons. The summed E-state index contributed by atoms with van der Waals surface area (Å²) in [6.45, 7) is 3.48. The van der Waals surface area contributed by atoms with Crippen LogP contribution in [0, 0.1) is 0 Å². The molecule has 0 fully saturated rings. The Morgan fingerprint density at radius 1 is 1.26 bits per heavy atom. The summed E-state index contributed by atoms with van der Waals surface area (Å²) >= 11 is 0. The van der Waals surface area contributed by atoms with Gasteiger partial charge >= 0.3 is 5.97 Å². The molecule has 0 saturated heterocycles. The number of carbonyl (C=O) groups excluding carboxylic acids is 1. The summed E-state index contributed by atoms with van der Waals surface area (Å²) in [6, 6.07) is 8.87. The van der Waals surface area contributed by atoms with Crippen LogP contribution in [0.25, 0.3) is 0 Å². The zero-order valence-corrected chi connectivity index (χ0v) is 12.3. The van der Waals surface area contributed by atoms with Crippen molar-refractivity contribution in [3.05, 3.63) is 35.9 Å². The lowest BCUT2D eigenvalue weighted by Gasteiger charge is -2.18. The van der Waals surface area contributed by atoms with Gasteiger partial charge in [0, 0.05) is 0 Å². The third-order valence-corrected chi connectivity index (χ3v) is 5.63. The van der Waals surface area contributed by atoms with Crippen molar-refractivity contribution in [2.45, 2.75) is 31.4 Å². The number of ether oxygens (including phenoxy) is 1. The first-order valence-electron chi connectivity index (χ1n) is 6.26. The van der Waals surface area contributed by atoms with Crippen molar-refractivity contribution in [1.29, 1.82) is 0 Å². The molecular weight excluding hydrogens is 264 g/mol. The molecule has 4 nitrogen and oxygen atoms in total. The molecule has 0 aliphatic rings. The van der Waals surface area contributed by atoms with Crippen molar-refractivity contribution >= 4 is 15.8 Å². The van der Waals surface area contributed by atoms with Crippen molar-refractivity contribution in [3.63, 3.8) is 0 Å². The Hall–Kier alpha value is -1.36. The second-order valence-electron chi connectivity index (χ2n) is 4.53.